The lowest BCUT2D eigenvalue weighted by molar-refractivity contribution is -0.114. The number of benzene rings is 2. The third-order valence-corrected chi connectivity index (χ3v) is 6.20. The molecule has 1 aliphatic heterocycles. The summed E-state index contributed by atoms with van der Waals surface area (Å²) in [6, 6.07) is 13.6. The monoisotopic (exact) mass is 436 g/mol. The molecule has 0 N–H and O–H groups in total. The molecule has 6 nitrogen and oxygen atoms in total. The fraction of sp³-hybridized carbons (Fsp3) is 0.250. The Morgan fingerprint density at radius 3 is 2.84 bits per heavy atom. The number of carbonyl (C=O) groups is 1. The third kappa shape index (κ3) is 4.61. The van der Waals surface area contributed by atoms with Crippen LogP contribution in [-0.2, 0) is 11.4 Å². The highest BCUT2D eigenvalue weighted by molar-refractivity contribution is 7.99. The number of hydrogen-bond donors (Lipinski definition) is 0. The lowest BCUT2D eigenvalue weighted by atomic mass is 10.1. The molecule has 0 atom stereocenters. The Kier molecular flexibility index (Phi) is 6.32. The van der Waals surface area contributed by atoms with Crippen LogP contribution in [0.1, 0.15) is 22.6 Å². The molecule has 4 rings (SSSR count). The number of nitrogens with zero attached hydrogens (tertiary/aromatic N) is 2. The molecule has 1 aromatic heterocycles. The van der Waals surface area contributed by atoms with Crippen LogP contribution in [0.15, 0.2) is 58.0 Å². The van der Waals surface area contributed by atoms with Crippen molar-refractivity contribution in [3.8, 4) is 11.5 Å². The molecule has 0 fully saturated rings. The first-order valence-corrected chi connectivity index (χ1v) is 11.0. The summed E-state index contributed by atoms with van der Waals surface area (Å²) in [5.74, 6) is 2.81. The van der Waals surface area contributed by atoms with Gasteiger partial charge in [-0.2, -0.15) is 0 Å². The van der Waals surface area contributed by atoms with E-state index in [0.717, 1.165) is 38.9 Å². The fourth-order valence-corrected chi connectivity index (χ4v) is 4.42. The summed E-state index contributed by atoms with van der Waals surface area (Å²) in [6.07, 6.45) is 3.40. The van der Waals surface area contributed by atoms with Crippen LogP contribution in [0.5, 0.6) is 11.5 Å². The molecule has 2 aromatic carbocycles. The molecule has 1 aliphatic rings. The van der Waals surface area contributed by atoms with Crippen LogP contribution in [0.25, 0.3) is 6.08 Å². The average Bonchev–Trinajstić information content (AvgIpc) is 3.12. The smallest absolute Gasteiger partial charge is 0.251 e. The maximum absolute atomic E-state index is 12.8. The molecule has 0 saturated carbocycles. The Hall–Kier alpha value is -3.19. The zero-order chi connectivity index (χ0) is 21.8. The number of thioether (sulfide) groups is 1. The minimum atomic E-state index is -0.0366. The van der Waals surface area contributed by atoms with E-state index in [1.807, 2.05) is 55.1 Å². The number of ether oxygens (including phenoxy) is 2. The number of aromatic nitrogens is 1. The lowest BCUT2D eigenvalue weighted by Crippen LogP contribution is -2.34. The molecule has 3 aromatic rings. The Morgan fingerprint density at radius 2 is 2.06 bits per heavy atom. The predicted molar refractivity (Wildman–Crippen MR) is 122 cm³/mol. The highest BCUT2D eigenvalue weighted by Crippen LogP contribution is 2.34. The Balaban J connectivity index is 1.47. The molecular formula is C24H24N2O4S. The molecule has 0 aliphatic carbocycles. The second kappa shape index (κ2) is 9.31. The molecule has 160 valence electrons. The van der Waals surface area contributed by atoms with E-state index in [9.17, 15) is 4.79 Å². The molecule has 0 unspecified atom stereocenters. The van der Waals surface area contributed by atoms with E-state index in [1.165, 1.54) is 0 Å². The first-order chi connectivity index (χ1) is 15.1. The first kappa shape index (κ1) is 21.1. The number of amides is 1. The van der Waals surface area contributed by atoms with Crippen LogP contribution in [0.2, 0.25) is 0 Å². The number of rotatable bonds is 6. The second-order valence-corrected chi connectivity index (χ2v) is 8.28. The van der Waals surface area contributed by atoms with Gasteiger partial charge in [0.05, 0.1) is 24.1 Å². The van der Waals surface area contributed by atoms with Gasteiger partial charge in [-0.3, -0.25) is 4.79 Å². The fourth-order valence-electron chi connectivity index (χ4n) is 3.42. The number of hydrogen-bond acceptors (Lipinski definition) is 6. The quantitative estimate of drug-likeness (QED) is 0.505. The predicted octanol–water partition coefficient (Wildman–Crippen LogP) is 5.03. The summed E-state index contributed by atoms with van der Waals surface area (Å²) in [7, 11) is 1.60. The minimum absolute atomic E-state index is 0.0366. The summed E-state index contributed by atoms with van der Waals surface area (Å²) < 4.78 is 16.6. The van der Waals surface area contributed by atoms with Gasteiger partial charge < -0.3 is 18.9 Å². The van der Waals surface area contributed by atoms with Gasteiger partial charge in [0.15, 0.2) is 11.5 Å². The van der Waals surface area contributed by atoms with Gasteiger partial charge >= 0.3 is 0 Å². The van der Waals surface area contributed by atoms with E-state index in [2.05, 4.69) is 11.2 Å². The molecule has 0 bridgehead atoms. The number of carbonyl (C=O) groups excluding carboxylic acids is 1. The zero-order valence-corrected chi connectivity index (χ0v) is 18.6. The number of fused-ring (bicyclic) bond motifs is 1. The molecule has 7 heteroatoms. The van der Waals surface area contributed by atoms with Crippen molar-refractivity contribution in [1.29, 1.82) is 0 Å². The molecule has 2 heterocycles. The summed E-state index contributed by atoms with van der Waals surface area (Å²) in [5.41, 5.74) is 3.56. The molecule has 0 saturated heterocycles. The highest BCUT2D eigenvalue weighted by Gasteiger charge is 2.20. The van der Waals surface area contributed by atoms with E-state index >= 15 is 0 Å². The van der Waals surface area contributed by atoms with Crippen molar-refractivity contribution in [2.45, 2.75) is 25.3 Å². The van der Waals surface area contributed by atoms with Gasteiger partial charge in [-0.25, -0.2) is 0 Å². The maximum atomic E-state index is 12.8. The van der Waals surface area contributed by atoms with E-state index < -0.39 is 0 Å². The van der Waals surface area contributed by atoms with Crippen LogP contribution < -0.4 is 14.4 Å². The highest BCUT2D eigenvalue weighted by atomic mass is 32.2. The molecular weight excluding hydrogens is 412 g/mol. The molecule has 31 heavy (non-hydrogen) atoms. The Labute approximate surface area is 185 Å². The van der Waals surface area contributed by atoms with Crippen LogP contribution in [0.3, 0.4) is 0 Å². The van der Waals surface area contributed by atoms with Crippen molar-refractivity contribution in [1.82, 2.24) is 5.16 Å². The van der Waals surface area contributed by atoms with Crippen molar-refractivity contribution in [2.75, 3.05) is 24.3 Å². The van der Waals surface area contributed by atoms with Gasteiger partial charge in [0.2, 0.25) is 0 Å². The van der Waals surface area contributed by atoms with E-state index in [1.54, 1.807) is 31.0 Å². The zero-order valence-electron chi connectivity index (χ0n) is 17.8. The standard InChI is InChI=1S/C24H24N2O4S/c1-16-19(17(2)30-25-16)15-29-21-10-8-18(14-22(21)28-3)9-11-24(27)26-12-13-31-23-7-5-4-6-20(23)26/h4-11,14H,12-13,15H2,1-3H3. The van der Waals surface area contributed by atoms with Gasteiger partial charge in [0.25, 0.3) is 5.91 Å². The van der Waals surface area contributed by atoms with Crippen molar-refractivity contribution in [3.63, 3.8) is 0 Å². The Bertz CT molecular complexity index is 1100. The van der Waals surface area contributed by atoms with E-state index in [0.29, 0.717) is 24.7 Å². The second-order valence-electron chi connectivity index (χ2n) is 7.14. The van der Waals surface area contributed by atoms with Crippen LogP contribution in [-0.4, -0.2) is 30.5 Å². The van der Waals surface area contributed by atoms with Crippen LogP contribution in [0, 0.1) is 13.8 Å². The SMILES string of the molecule is COc1cc(C=CC(=O)N2CCSc3ccccc32)ccc1OCc1c(C)noc1C. The van der Waals surface area contributed by atoms with Gasteiger partial charge in [-0.05, 0) is 49.8 Å². The van der Waals surface area contributed by atoms with Gasteiger partial charge in [0, 0.05) is 23.3 Å². The third-order valence-electron chi connectivity index (χ3n) is 5.15. The maximum Gasteiger partial charge on any atom is 0.251 e. The van der Waals surface area contributed by atoms with Gasteiger partial charge in [0.1, 0.15) is 12.4 Å². The number of aryl methyl sites for hydroxylation is 2. The topological polar surface area (TPSA) is 64.8 Å². The number of anilines is 1. The van der Waals surface area contributed by atoms with Crippen LogP contribution in [0.4, 0.5) is 5.69 Å². The van der Waals surface area contributed by atoms with Crippen LogP contribution >= 0.6 is 11.8 Å². The Morgan fingerprint density at radius 1 is 1.23 bits per heavy atom. The minimum Gasteiger partial charge on any atom is -0.493 e. The largest absolute Gasteiger partial charge is 0.493 e. The summed E-state index contributed by atoms with van der Waals surface area (Å²) >= 11 is 1.78. The molecule has 0 spiro atoms. The summed E-state index contributed by atoms with van der Waals surface area (Å²) in [6.45, 7) is 4.79. The van der Waals surface area contributed by atoms with Gasteiger partial charge in [-0.1, -0.05) is 23.4 Å². The number of methoxy groups -OCH3 is 1. The summed E-state index contributed by atoms with van der Waals surface area (Å²) in [5, 5.41) is 3.95. The lowest BCUT2D eigenvalue weighted by Gasteiger charge is -2.27. The van der Waals surface area contributed by atoms with Crippen molar-refractivity contribution in [2.24, 2.45) is 0 Å². The van der Waals surface area contributed by atoms with Crippen molar-refractivity contribution >= 4 is 29.4 Å². The molecule has 0 radical (unpaired) electrons. The van der Waals surface area contributed by atoms with Crippen molar-refractivity contribution < 1.29 is 18.8 Å². The average molecular weight is 437 g/mol. The van der Waals surface area contributed by atoms with Gasteiger partial charge in [-0.15, -0.1) is 11.8 Å². The normalized spacial score (nSPS) is 13.3. The number of para-hydroxylation sites is 1. The molecule has 1 amide bonds. The van der Waals surface area contributed by atoms with Crippen molar-refractivity contribution in [3.05, 3.63) is 71.1 Å². The first-order valence-electron chi connectivity index (χ1n) is 10.0. The van der Waals surface area contributed by atoms with E-state index in [4.69, 9.17) is 14.0 Å². The van der Waals surface area contributed by atoms with E-state index in [-0.39, 0.29) is 5.91 Å². The summed E-state index contributed by atoms with van der Waals surface area (Å²) in [4.78, 5) is 15.8.